The van der Waals surface area contributed by atoms with Crippen molar-refractivity contribution in [2.45, 2.75) is 13.8 Å². The van der Waals surface area contributed by atoms with Crippen molar-refractivity contribution in [1.29, 1.82) is 0 Å². The van der Waals surface area contributed by atoms with Crippen molar-refractivity contribution >= 4 is 23.3 Å². The van der Waals surface area contributed by atoms with Crippen molar-refractivity contribution in [3.05, 3.63) is 35.0 Å². The molecule has 0 bridgehead atoms. The quantitative estimate of drug-likeness (QED) is 0.824. The van der Waals surface area contributed by atoms with Gasteiger partial charge in [0.15, 0.2) is 5.82 Å². The standard InChI is InChI=1S/C19H26N6O3/c1-13-5-6-15(11-16(13)20-17(26)12-23(3)4)19(27)25-9-7-24(8-10-25)18-14(2)21-28-22-18/h5-6,11H,7-10,12H2,1-4H3,(H,20,26). The van der Waals surface area contributed by atoms with Crippen LogP contribution < -0.4 is 10.2 Å². The molecule has 2 amide bonds. The minimum Gasteiger partial charge on any atom is -0.349 e. The van der Waals surface area contributed by atoms with Crippen LogP contribution in [-0.4, -0.2) is 78.7 Å². The molecule has 3 rings (SSSR count). The highest BCUT2D eigenvalue weighted by Crippen LogP contribution is 2.21. The van der Waals surface area contributed by atoms with Gasteiger partial charge in [0.25, 0.3) is 5.91 Å². The lowest BCUT2D eigenvalue weighted by Crippen LogP contribution is -2.49. The molecule has 28 heavy (non-hydrogen) atoms. The molecule has 1 aromatic carbocycles. The molecule has 0 unspecified atom stereocenters. The van der Waals surface area contributed by atoms with E-state index in [9.17, 15) is 9.59 Å². The summed E-state index contributed by atoms with van der Waals surface area (Å²) in [5, 5.41) is 10.6. The number of piperazine rings is 1. The third-order valence-corrected chi connectivity index (χ3v) is 4.71. The number of rotatable bonds is 5. The van der Waals surface area contributed by atoms with E-state index in [0.29, 0.717) is 37.4 Å². The fourth-order valence-corrected chi connectivity index (χ4v) is 3.18. The minimum atomic E-state index is -0.108. The van der Waals surface area contributed by atoms with Crippen molar-refractivity contribution in [3.8, 4) is 0 Å². The molecule has 1 aliphatic heterocycles. The monoisotopic (exact) mass is 386 g/mol. The predicted octanol–water partition coefficient (Wildman–Crippen LogP) is 1.15. The second-order valence-electron chi connectivity index (χ2n) is 7.27. The minimum absolute atomic E-state index is 0.0437. The van der Waals surface area contributed by atoms with Gasteiger partial charge in [-0.25, -0.2) is 4.63 Å². The van der Waals surface area contributed by atoms with Gasteiger partial charge in [0.05, 0.1) is 6.54 Å². The Bertz CT molecular complexity index is 855. The van der Waals surface area contributed by atoms with Gasteiger partial charge in [0.1, 0.15) is 5.69 Å². The second kappa shape index (κ2) is 8.39. The Kier molecular flexibility index (Phi) is 5.93. The Morgan fingerprint density at radius 1 is 1.14 bits per heavy atom. The van der Waals surface area contributed by atoms with Gasteiger partial charge in [0, 0.05) is 37.4 Å². The number of likely N-dealkylation sites (N-methyl/N-ethyl adjacent to an activating group) is 1. The highest BCUT2D eigenvalue weighted by molar-refractivity contribution is 5.98. The molecule has 9 nitrogen and oxygen atoms in total. The Hall–Kier alpha value is -2.94. The Balaban J connectivity index is 1.65. The van der Waals surface area contributed by atoms with E-state index in [4.69, 9.17) is 4.63 Å². The van der Waals surface area contributed by atoms with Crippen LogP contribution in [0.25, 0.3) is 0 Å². The molecule has 0 spiro atoms. The molecule has 0 aliphatic carbocycles. The summed E-state index contributed by atoms with van der Waals surface area (Å²) in [6, 6.07) is 5.42. The number of nitrogens with zero attached hydrogens (tertiary/aromatic N) is 5. The largest absolute Gasteiger partial charge is 0.349 e. The molecule has 2 heterocycles. The average Bonchev–Trinajstić information content (AvgIpc) is 3.08. The van der Waals surface area contributed by atoms with Crippen LogP contribution in [0.4, 0.5) is 11.5 Å². The zero-order valence-corrected chi connectivity index (χ0v) is 16.7. The normalized spacial score (nSPS) is 14.5. The van der Waals surface area contributed by atoms with Gasteiger partial charge in [-0.15, -0.1) is 0 Å². The van der Waals surface area contributed by atoms with Crippen LogP contribution in [0.15, 0.2) is 22.8 Å². The molecule has 0 radical (unpaired) electrons. The van der Waals surface area contributed by atoms with Gasteiger partial charge in [-0.3, -0.25) is 9.59 Å². The molecule has 0 saturated carbocycles. The molecule has 0 atom stereocenters. The third-order valence-electron chi connectivity index (χ3n) is 4.71. The lowest BCUT2D eigenvalue weighted by molar-refractivity contribution is -0.116. The Morgan fingerprint density at radius 2 is 1.86 bits per heavy atom. The number of nitrogens with one attached hydrogen (secondary N) is 1. The summed E-state index contributed by atoms with van der Waals surface area (Å²) in [4.78, 5) is 30.7. The number of benzene rings is 1. The summed E-state index contributed by atoms with van der Waals surface area (Å²) in [6.07, 6.45) is 0. The van der Waals surface area contributed by atoms with E-state index in [1.807, 2.05) is 38.9 Å². The smallest absolute Gasteiger partial charge is 0.254 e. The number of hydrogen-bond donors (Lipinski definition) is 1. The Morgan fingerprint density at radius 3 is 2.46 bits per heavy atom. The first-order valence-electron chi connectivity index (χ1n) is 9.23. The molecular formula is C19H26N6O3. The summed E-state index contributed by atoms with van der Waals surface area (Å²) in [6.45, 7) is 6.55. The summed E-state index contributed by atoms with van der Waals surface area (Å²) >= 11 is 0. The number of aromatic nitrogens is 2. The first-order chi connectivity index (χ1) is 13.3. The number of anilines is 2. The van der Waals surface area contributed by atoms with Crippen LogP contribution in [0.3, 0.4) is 0 Å². The molecule has 1 fully saturated rings. The van der Waals surface area contributed by atoms with Gasteiger partial charge in [-0.2, -0.15) is 0 Å². The van der Waals surface area contributed by atoms with E-state index in [-0.39, 0.29) is 18.4 Å². The van der Waals surface area contributed by atoms with Gasteiger partial charge in [0.2, 0.25) is 5.91 Å². The lowest BCUT2D eigenvalue weighted by atomic mass is 10.1. The van der Waals surface area contributed by atoms with Crippen LogP contribution >= 0.6 is 0 Å². The van der Waals surface area contributed by atoms with Crippen LogP contribution in [0, 0.1) is 13.8 Å². The van der Waals surface area contributed by atoms with Crippen LogP contribution in [0.5, 0.6) is 0 Å². The zero-order chi connectivity index (χ0) is 20.3. The molecular weight excluding hydrogens is 360 g/mol. The molecule has 1 saturated heterocycles. The molecule has 1 aromatic heterocycles. The number of carbonyl (C=O) groups excluding carboxylic acids is 2. The number of hydrogen-bond acceptors (Lipinski definition) is 7. The summed E-state index contributed by atoms with van der Waals surface area (Å²) in [5.74, 6) is 0.578. The van der Waals surface area contributed by atoms with E-state index in [0.717, 1.165) is 17.1 Å². The third kappa shape index (κ3) is 4.48. The van der Waals surface area contributed by atoms with Crippen LogP contribution in [0.1, 0.15) is 21.6 Å². The van der Waals surface area contributed by atoms with Crippen molar-refractivity contribution < 1.29 is 14.2 Å². The zero-order valence-electron chi connectivity index (χ0n) is 16.7. The maximum Gasteiger partial charge on any atom is 0.254 e. The first-order valence-corrected chi connectivity index (χ1v) is 9.23. The summed E-state index contributed by atoms with van der Waals surface area (Å²) < 4.78 is 4.76. The molecule has 9 heteroatoms. The summed E-state index contributed by atoms with van der Waals surface area (Å²) in [5.41, 5.74) is 2.90. The van der Waals surface area contributed by atoms with Crippen molar-refractivity contribution in [1.82, 2.24) is 20.1 Å². The van der Waals surface area contributed by atoms with Gasteiger partial charge >= 0.3 is 0 Å². The maximum atomic E-state index is 12.9. The van der Waals surface area contributed by atoms with Crippen molar-refractivity contribution in [3.63, 3.8) is 0 Å². The first kappa shape index (κ1) is 19.8. The Labute approximate surface area is 164 Å². The topological polar surface area (TPSA) is 94.8 Å². The number of carbonyl (C=O) groups is 2. The highest BCUT2D eigenvalue weighted by Gasteiger charge is 2.25. The number of aryl methyl sites for hydroxylation is 2. The number of amides is 2. The van der Waals surface area contributed by atoms with Crippen LogP contribution in [-0.2, 0) is 4.79 Å². The van der Waals surface area contributed by atoms with Crippen LogP contribution in [0.2, 0.25) is 0 Å². The van der Waals surface area contributed by atoms with Crippen molar-refractivity contribution in [2.24, 2.45) is 0 Å². The van der Waals surface area contributed by atoms with E-state index < -0.39 is 0 Å². The van der Waals surface area contributed by atoms with Crippen molar-refractivity contribution in [2.75, 3.05) is 57.0 Å². The molecule has 150 valence electrons. The van der Waals surface area contributed by atoms with Gasteiger partial charge in [-0.05, 0) is 50.8 Å². The second-order valence-corrected chi connectivity index (χ2v) is 7.27. The molecule has 1 N–H and O–H groups in total. The highest BCUT2D eigenvalue weighted by atomic mass is 16.6. The van der Waals surface area contributed by atoms with E-state index in [1.54, 1.807) is 17.0 Å². The van der Waals surface area contributed by atoms with Gasteiger partial charge in [-0.1, -0.05) is 11.2 Å². The SMILES string of the molecule is Cc1ccc(C(=O)N2CCN(c3nonc3C)CC2)cc1NC(=O)CN(C)C. The fourth-order valence-electron chi connectivity index (χ4n) is 3.18. The molecule has 1 aliphatic rings. The summed E-state index contributed by atoms with van der Waals surface area (Å²) in [7, 11) is 3.67. The van der Waals surface area contributed by atoms with Gasteiger partial charge < -0.3 is 20.0 Å². The van der Waals surface area contributed by atoms with E-state index in [1.165, 1.54) is 0 Å². The average molecular weight is 386 g/mol. The predicted molar refractivity (Wildman–Crippen MR) is 106 cm³/mol. The maximum absolute atomic E-state index is 12.9. The van der Waals surface area contributed by atoms with E-state index in [2.05, 4.69) is 20.5 Å². The molecule has 2 aromatic rings. The fraction of sp³-hybridized carbons (Fsp3) is 0.474. The van der Waals surface area contributed by atoms with E-state index >= 15 is 0 Å². The lowest BCUT2D eigenvalue weighted by Gasteiger charge is -2.34.